The molecule has 1 heterocycles. The average Bonchev–Trinajstić information content (AvgIpc) is 2.96. The summed E-state index contributed by atoms with van der Waals surface area (Å²) in [7, 11) is 0. The molecule has 1 aromatic heterocycles. The van der Waals surface area contributed by atoms with Crippen molar-refractivity contribution in [2.75, 3.05) is 13.1 Å². The van der Waals surface area contributed by atoms with Crippen LogP contribution in [0.15, 0.2) is 17.5 Å². The van der Waals surface area contributed by atoms with Crippen LogP contribution in [0.4, 0.5) is 0 Å². The third-order valence-electron chi connectivity index (χ3n) is 4.78. The van der Waals surface area contributed by atoms with Crippen LogP contribution in [0.5, 0.6) is 0 Å². The first-order chi connectivity index (χ1) is 9.70. The first-order valence-corrected chi connectivity index (χ1v) is 9.31. The maximum absolute atomic E-state index is 3.65. The lowest BCUT2D eigenvalue weighted by molar-refractivity contribution is 0.156. The molecule has 0 atom stereocenters. The van der Waals surface area contributed by atoms with Gasteiger partial charge in [0.15, 0.2) is 0 Å². The fraction of sp³-hybridized carbons (Fsp3) is 0.778. The largest absolute Gasteiger partial charge is 0.316 e. The van der Waals surface area contributed by atoms with Crippen molar-refractivity contribution in [3.05, 3.63) is 22.4 Å². The van der Waals surface area contributed by atoms with Crippen LogP contribution >= 0.6 is 11.3 Å². The first-order valence-electron chi connectivity index (χ1n) is 8.43. The highest BCUT2D eigenvalue weighted by Crippen LogP contribution is 2.43. The SMILES string of the molecule is CC(C)CNCCC1(CCc2cccs2)CCCCC1. The van der Waals surface area contributed by atoms with Crippen molar-refractivity contribution in [3.8, 4) is 0 Å². The number of nitrogens with one attached hydrogen (secondary N) is 1. The van der Waals surface area contributed by atoms with Gasteiger partial charge in [-0.25, -0.2) is 0 Å². The van der Waals surface area contributed by atoms with Crippen LogP contribution in [0.1, 0.15) is 63.7 Å². The predicted molar refractivity (Wildman–Crippen MR) is 90.5 cm³/mol. The van der Waals surface area contributed by atoms with E-state index in [4.69, 9.17) is 0 Å². The second kappa shape index (κ2) is 8.19. The van der Waals surface area contributed by atoms with E-state index in [9.17, 15) is 0 Å². The van der Waals surface area contributed by atoms with E-state index in [1.54, 1.807) is 4.88 Å². The molecular weight excluding hydrogens is 262 g/mol. The predicted octanol–water partition coefficient (Wildman–Crippen LogP) is 5.27. The average molecular weight is 294 g/mol. The first kappa shape index (κ1) is 16.0. The normalized spacial score (nSPS) is 18.6. The molecule has 0 aromatic carbocycles. The molecule has 0 spiro atoms. The highest BCUT2D eigenvalue weighted by Gasteiger charge is 2.31. The molecule has 0 radical (unpaired) electrons. The Kier molecular flexibility index (Phi) is 6.57. The Hall–Kier alpha value is -0.340. The third-order valence-corrected chi connectivity index (χ3v) is 5.72. The third kappa shape index (κ3) is 5.21. The molecule has 1 nitrogen and oxygen atoms in total. The van der Waals surface area contributed by atoms with Gasteiger partial charge in [-0.3, -0.25) is 0 Å². The van der Waals surface area contributed by atoms with E-state index in [0.717, 1.165) is 5.92 Å². The molecule has 0 amide bonds. The number of hydrogen-bond donors (Lipinski definition) is 1. The molecule has 1 N–H and O–H groups in total. The van der Waals surface area contributed by atoms with Gasteiger partial charge in [0.25, 0.3) is 0 Å². The number of rotatable bonds is 8. The maximum Gasteiger partial charge on any atom is 0.00454 e. The van der Waals surface area contributed by atoms with Crippen molar-refractivity contribution < 1.29 is 0 Å². The fourth-order valence-electron chi connectivity index (χ4n) is 3.51. The summed E-state index contributed by atoms with van der Waals surface area (Å²) in [6.45, 7) is 6.96. The molecule has 2 rings (SSSR count). The lowest BCUT2D eigenvalue weighted by Crippen LogP contribution is -2.31. The topological polar surface area (TPSA) is 12.0 Å². The molecule has 0 bridgehead atoms. The minimum Gasteiger partial charge on any atom is -0.316 e. The van der Waals surface area contributed by atoms with Crippen LogP contribution in [-0.2, 0) is 6.42 Å². The molecule has 1 aromatic rings. The maximum atomic E-state index is 3.65. The number of aryl methyl sites for hydroxylation is 1. The van der Waals surface area contributed by atoms with E-state index in [1.807, 2.05) is 11.3 Å². The van der Waals surface area contributed by atoms with Crippen LogP contribution in [-0.4, -0.2) is 13.1 Å². The fourth-order valence-corrected chi connectivity index (χ4v) is 4.22. The molecule has 0 saturated heterocycles. The van der Waals surface area contributed by atoms with Gasteiger partial charge in [-0.05, 0) is 68.0 Å². The van der Waals surface area contributed by atoms with E-state index in [1.165, 1.54) is 64.5 Å². The van der Waals surface area contributed by atoms with Crippen molar-refractivity contribution in [2.45, 2.75) is 65.2 Å². The summed E-state index contributed by atoms with van der Waals surface area (Å²) in [6, 6.07) is 4.50. The molecule has 1 fully saturated rings. The molecule has 114 valence electrons. The molecule has 1 saturated carbocycles. The summed E-state index contributed by atoms with van der Waals surface area (Å²) in [5.74, 6) is 0.767. The van der Waals surface area contributed by atoms with Crippen molar-refractivity contribution in [3.63, 3.8) is 0 Å². The summed E-state index contributed by atoms with van der Waals surface area (Å²) < 4.78 is 0. The molecule has 20 heavy (non-hydrogen) atoms. The number of hydrogen-bond acceptors (Lipinski definition) is 2. The summed E-state index contributed by atoms with van der Waals surface area (Å²) >= 11 is 1.93. The highest BCUT2D eigenvalue weighted by atomic mass is 32.1. The zero-order chi connectivity index (χ0) is 14.3. The molecule has 1 aliphatic rings. The Morgan fingerprint density at radius 1 is 1.20 bits per heavy atom. The van der Waals surface area contributed by atoms with Crippen LogP contribution < -0.4 is 5.32 Å². The van der Waals surface area contributed by atoms with Gasteiger partial charge >= 0.3 is 0 Å². The Morgan fingerprint density at radius 3 is 2.65 bits per heavy atom. The van der Waals surface area contributed by atoms with E-state index in [0.29, 0.717) is 5.41 Å². The van der Waals surface area contributed by atoms with E-state index >= 15 is 0 Å². The lowest BCUT2D eigenvalue weighted by Gasteiger charge is -2.38. The molecule has 1 aliphatic carbocycles. The minimum absolute atomic E-state index is 0.631. The van der Waals surface area contributed by atoms with Crippen LogP contribution in [0.25, 0.3) is 0 Å². The van der Waals surface area contributed by atoms with Gasteiger partial charge in [-0.1, -0.05) is 39.2 Å². The van der Waals surface area contributed by atoms with E-state index in [-0.39, 0.29) is 0 Å². The summed E-state index contributed by atoms with van der Waals surface area (Å²) in [5.41, 5.74) is 0.631. The zero-order valence-electron chi connectivity index (χ0n) is 13.3. The van der Waals surface area contributed by atoms with Crippen molar-refractivity contribution in [1.29, 1.82) is 0 Å². The minimum atomic E-state index is 0.631. The highest BCUT2D eigenvalue weighted by molar-refractivity contribution is 7.09. The lowest BCUT2D eigenvalue weighted by atomic mass is 9.69. The molecule has 2 heteroatoms. The Labute approximate surface area is 129 Å². The van der Waals surface area contributed by atoms with Crippen molar-refractivity contribution in [1.82, 2.24) is 5.32 Å². The summed E-state index contributed by atoms with van der Waals surface area (Å²) in [6.07, 6.45) is 11.4. The quantitative estimate of drug-likeness (QED) is 0.644. The van der Waals surface area contributed by atoms with Crippen LogP contribution in [0.3, 0.4) is 0 Å². The van der Waals surface area contributed by atoms with Crippen LogP contribution in [0, 0.1) is 11.3 Å². The monoisotopic (exact) mass is 293 g/mol. The second-order valence-corrected chi connectivity index (χ2v) is 8.02. The smallest absolute Gasteiger partial charge is 0.00454 e. The standard InChI is InChI=1S/C18H31NS/c1-16(2)15-19-13-12-18(9-4-3-5-10-18)11-8-17-7-6-14-20-17/h6-7,14,16,19H,3-5,8-13,15H2,1-2H3. The Balaban J connectivity index is 1.81. The van der Waals surface area contributed by atoms with Crippen molar-refractivity contribution >= 4 is 11.3 Å². The van der Waals surface area contributed by atoms with Gasteiger partial charge < -0.3 is 5.32 Å². The van der Waals surface area contributed by atoms with Gasteiger partial charge in [0.05, 0.1) is 0 Å². The Bertz CT molecular complexity index is 350. The van der Waals surface area contributed by atoms with Gasteiger partial charge in [-0.15, -0.1) is 11.3 Å². The van der Waals surface area contributed by atoms with Gasteiger partial charge in [0.1, 0.15) is 0 Å². The summed E-state index contributed by atoms with van der Waals surface area (Å²) in [4.78, 5) is 1.57. The van der Waals surface area contributed by atoms with Gasteiger partial charge in [-0.2, -0.15) is 0 Å². The van der Waals surface area contributed by atoms with Gasteiger partial charge in [0, 0.05) is 4.88 Å². The Morgan fingerprint density at radius 2 is 2.00 bits per heavy atom. The van der Waals surface area contributed by atoms with Crippen molar-refractivity contribution in [2.24, 2.45) is 11.3 Å². The van der Waals surface area contributed by atoms with E-state index < -0.39 is 0 Å². The molecule has 0 unspecified atom stereocenters. The van der Waals surface area contributed by atoms with Gasteiger partial charge in [0.2, 0.25) is 0 Å². The second-order valence-electron chi connectivity index (χ2n) is 6.99. The molecular formula is C18H31NS. The number of thiophene rings is 1. The van der Waals surface area contributed by atoms with Crippen LogP contribution in [0.2, 0.25) is 0 Å². The summed E-state index contributed by atoms with van der Waals surface area (Å²) in [5, 5.41) is 5.87. The van der Waals surface area contributed by atoms with E-state index in [2.05, 4.69) is 36.7 Å². The molecule has 0 aliphatic heterocycles. The zero-order valence-corrected chi connectivity index (χ0v) is 14.1.